The fourth-order valence-corrected chi connectivity index (χ4v) is 3.09. The first kappa shape index (κ1) is 17.1. The number of hydrogen-bond donors (Lipinski definition) is 0. The molecule has 3 rings (SSSR count). The lowest BCUT2D eigenvalue weighted by Crippen LogP contribution is -2.38. The van der Waals surface area contributed by atoms with Gasteiger partial charge in [0.15, 0.2) is 0 Å². The Labute approximate surface area is 147 Å². The van der Waals surface area contributed by atoms with E-state index < -0.39 is 9.85 Å². The largest absolute Gasteiger partial charge is 0.370 e. The standard InChI is InChI=1S/C16H14ClN3O5/c17-13-4-2-1-3-12(13)16-10-18(7-8-25-16)14-6-5-11(19(21)22)9-15(14)20(23)24/h1-6,9,16H,7-8,10H2. The molecule has 2 aromatic rings. The Bertz CT molecular complexity index is 829. The predicted octanol–water partition coefficient (Wildman–Crippen LogP) is 3.73. The lowest BCUT2D eigenvalue weighted by Gasteiger charge is -2.34. The molecule has 0 N–H and O–H groups in total. The fourth-order valence-electron chi connectivity index (χ4n) is 2.83. The van der Waals surface area contributed by atoms with Gasteiger partial charge in [-0.05, 0) is 12.1 Å². The van der Waals surface area contributed by atoms with Crippen molar-refractivity contribution in [1.82, 2.24) is 0 Å². The Balaban J connectivity index is 1.92. The maximum atomic E-state index is 11.3. The van der Waals surface area contributed by atoms with Gasteiger partial charge in [0, 0.05) is 29.7 Å². The number of nitro benzene ring substituents is 2. The monoisotopic (exact) mass is 363 g/mol. The van der Waals surface area contributed by atoms with Crippen LogP contribution in [0.4, 0.5) is 17.1 Å². The second-order valence-corrected chi connectivity index (χ2v) is 5.92. The van der Waals surface area contributed by atoms with Gasteiger partial charge in [-0.1, -0.05) is 29.8 Å². The van der Waals surface area contributed by atoms with Gasteiger partial charge >= 0.3 is 0 Å². The van der Waals surface area contributed by atoms with Crippen molar-refractivity contribution < 1.29 is 14.6 Å². The van der Waals surface area contributed by atoms with Crippen LogP contribution in [0.2, 0.25) is 5.02 Å². The maximum Gasteiger partial charge on any atom is 0.299 e. The molecule has 8 nitrogen and oxygen atoms in total. The number of ether oxygens (including phenoxy) is 1. The van der Waals surface area contributed by atoms with Crippen LogP contribution in [-0.2, 0) is 4.74 Å². The van der Waals surface area contributed by atoms with Crippen molar-refractivity contribution in [3.05, 3.63) is 73.3 Å². The Morgan fingerprint density at radius 3 is 2.56 bits per heavy atom. The smallest absolute Gasteiger partial charge is 0.299 e. The van der Waals surface area contributed by atoms with Gasteiger partial charge in [0.1, 0.15) is 11.8 Å². The minimum absolute atomic E-state index is 0.297. The average molecular weight is 364 g/mol. The Morgan fingerprint density at radius 2 is 1.88 bits per heavy atom. The molecule has 0 aliphatic carbocycles. The Hall–Kier alpha value is -2.71. The Morgan fingerprint density at radius 1 is 1.12 bits per heavy atom. The van der Waals surface area contributed by atoms with E-state index in [1.54, 1.807) is 11.0 Å². The van der Waals surface area contributed by atoms with Crippen LogP contribution >= 0.6 is 11.6 Å². The third kappa shape index (κ3) is 3.54. The summed E-state index contributed by atoms with van der Waals surface area (Å²) in [5.74, 6) is 0. The summed E-state index contributed by atoms with van der Waals surface area (Å²) in [7, 11) is 0. The lowest BCUT2D eigenvalue weighted by molar-refractivity contribution is -0.393. The van der Waals surface area contributed by atoms with E-state index in [2.05, 4.69) is 0 Å². The van der Waals surface area contributed by atoms with Gasteiger partial charge in [-0.25, -0.2) is 0 Å². The van der Waals surface area contributed by atoms with Crippen LogP contribution in [0.5, 0.6) is 0 Å². The second kappa shape index (κ2) is 7.04. The molecule has 1 aliphatic heterocycles. The molecule has 1 fully saturated rings. The predicted molar refractivity (Wildman–Crippen MR) is 92.1 cm³/mol. The summed E-state index contributed by atoms with van der Waals surface area (Å²) in [6.45, 7) is 1.17. The van der Waals surface area contributed by atoms with Crippen LogP contribution in [0, 0.1) is 20.2 Å². The molecule has 1 atom stereocenters. The first-order valence-electron chi connectivity index (χ1n) is 7.51. The maximum absolute atomic E-state index is 11.3. The van der Waals surface area contributed by atoms with Crippen molar-refractivity contribution >= 4 is 28.7 Å². The van der Waals surface area contributed by atoms with Gasteiger partial charge in [-0.3, -0.25) is 20.2 Å². The summed E-state index contributed by atoms with van der Waals surface area (Å²) in [6, 6.07) is 10.9. The molecule has 9 heteroatoms. The summed E-state index contributed by atoms with van der Waals surface area (Å²) in [5, 5.41) is 22.8. The van der Waals surface area contributed by atoms with E-state index in [4.69, 9.17) is 16.3 Å². The lowest BCUT2D eigenvalue weighted by atomic mass is 10.1. The molecule has 1 saturated heterocycles. The Kier molecular flexibility index (Phi) is 4.82. The highest BCUT2D eigenvalue weighted by Gasteiger charge is 2.29. The molecule has 0 bridgehead atoms. The minimum Gasteiger partial charge on any atom is -0.370 e. The SMILES string of the molecule is O=[N+]([O-])c1ccc(N2CCOC(c3ccccc3Cl)C2)c([N+](=O)[O-])c1. The van der Waals surface area contributed by atoms with Crippen molar-refractivity contribution in [3.8, 4) is 0 Å². The van der Waals surface area contributed by atoms with E-state index in [1.807, 2.05) is 18.2 Å². The highest BCUT2D eigenvalue weighted by Crippen LogP contribution is 2.36. The van der Waals surface area contributed by atoms with E-state index in [1.165, 1.54) is 12.1 Å². The van der Waals surface area contributed by atoms with Crippen LogP contribution < -0.4 is 4.90 Å². The molecule has 130 valence electrons. The van der Waals surface area contributed by atoms with E-state index in [0.29, 0.717) is 30.4 Å². The van der Waals surface area contributed by atoms with Gasteiger partial charge in [0.05, 0.1) is 22.5 Å². The average Bonchev–Trinajstić information content (AvgIpc) is 2.61. The third-order valence-corrected chi connectivity index (χ3v) is 4.37. The number of hydrogen-bond acceptors (Lipinski definition) is 6. The van der Waals surface area contributed by atoms with Crippen LogP contribution in [0.25, 0.3) is 0 Å². The molecule has 0 spiro atoms. The number of benzene rings is 2. The zero-order valence-electron chi connectivity index (χ0n) is 13.0. The number of nitrogens with zero attached hydrogens (tertiary/aromatic N) is 3. The van der Waals surface area contributed by atoms with Gasteiger partial charge in [-0.2, -0.15) is 0 Å². The van der Waals surface area contributed by atoms with Crippen molar-refractivity contribution in [2.45, 2.75) is 6.10 Å². The van der Waals surface area contributed by atoms with Gasteiger partial charge in [-0.15, -0.1) is 0 Å². The summed E-state index contributed by atoms with van der Waals surface area (Å²) in [4.78, 5) is 22.8. The number of halogens is 1. The topological polar surface area (TPSA) is 98.8 Å². The van der Waals surface area contributed by atoms with E-state index in [9.17, 15) is 20.2 Å². The molecule has 2 aromatic carbocycles. The highest BCUT2D eigenvalue weighted by molar-refractivity contribution is 6.31. The fraction of sp³-hybridized carbons (Fsp3) is 0.250. The highest BCUT2D eigenvalue weighted by atomic mass is 35.5. The molecular weight excluding hydrogens is 350 g/mol. The summed E-state index contributed by atoms with van der Waals surface area (Å²) in [5.41, 5.74) is 0.523. The van der Waals surface area contributed by atoms with Gasteiger partial charge in [0.2, 0.25) is 0 Å². The van der Waals surface area contributed by atoms with Crippen molar-refractivity contribution in [3.63, 3.8) is 0 Å². The molecule has 0 saturated carbocycles. The second-order valence-electron chi connectivity index (χ2n) is 5.51. The normalized spacial score (nSPS) is 17.3. The zero-order valence-corrected chi connectivity index (χ0v) is 13.8. The van der Waals surface area contributed by atoms with E-state index >= 15 is 0 Å². The summed E-state index contributed by atoms with van der Waals surface area (Å²) in [6.07, 6.45) is -0.336. The third-order valence-electron chi connectivity index (χ3n) is 4.03. The van der Waals surface area contributed by atoms with Crippen LogP contribution in [-0.4, -0.2) is 29.5 Å². The van der Waals surface area contributed by atoms with E-state index in [0.717, 1.165) is 11.6 Å². The number of rotatable bonds is 4. The number of nitro groups is 2. The zero-order chi connectivity index (χ0) is 18.0. The first-order valence-corrected chi connectivity index (χ1v) is 7.89. The number of morpholine rings is 1. The number of anilines is 1. The first-order chi connectivity index (χ1) is 12.0. The summed E-state index contributed by atoms with van der Waals surface area (Å²) >= 11 is 6.21. The van der Waals surface area contributed by atoms with Gasteiger partial charge < -0.3 is 9.64 Å². The molecule has 0 aromatic heterocycles. The molecule has 0 radical (unpaired) electrons. The van der Waals surface area contributed by atoms with Crippen molar-refractivity contribution in [1.29, 1.82) is 0 Å². The molecule has 1 unspecified atom stereocenters. The number of non-ortho nitro benzene ring substituents is 1. The van der Waals surface area contributed by atoms with Crippen LogP contribution in [0.15, 0.2) is 42.5 Å². The molecule has 1 aliphatic rings. The van der Waals surface area contributed by atoms with Gasteiger partial charge in [0.25, 0.3) is 11.4 Å². The molecular formula is C16H14ClN3O5. The quantitative estimate of drug-likeness (QED) is 0.606. The van der Waals surface area contributed by atoms with Crippen molar-refractivity contribution in [2.75, 3.05) is 24.6 Å². The summed E-state index contributed by atoms with van der Waals surface area (Å²) < 4.78 is 5.75. The van der Waals surface area contributed by atoms with Crippen LogP contribution in [0.3, 0.4) is 0 Å². The molecule has 0 amide bonds. The molecule has 1 heterocycles. The molecule has 25 heavy (non-hydrogen) atoms. The van der Waals surface area contributed by atoms with Crippen LogP contribution in [0.1, 0.15) is 11.7 Å². The minimum atomic E-state index is -0.650. The van der Waals surface area contributed by atoms with Crippen molar-refractivity contribution in [2.24, 2.45) is 0 Å². The van der Waals surface area contributed by atoms with E-state index in [-0.39, 0.29) is 17.5 Å².